The summed E-state index contributed by atoms with van der Waals surface area (Å²) in [5.41, 5.74) is 2.39. The predicted molar refractivity (Wildman–Crippen MR) is 113 cm³/mol. The van der Waals surface area contributed by atoms with E-state index in [9.17, 15) is 0 Å². The zero-order valence-electron chi connectivity index (χ0n) is 16.1. The number of fused-ring (bicyclic) bond motifs is 3. The molecule has 0 atom stereocenters. The van der Waals surface area contributed by atoms with Gasteiger partial charge in [-0.2, -0.15) is 0 Å². The maximum atomic E-state index is 5.80. The number of hydrogen-bond donors (Lipinski definition) is 0. The summed E-state index contributed by atoms with van der Waals surface area (Å²) in [6.07, 6.45) is 8.38. The summed E-state index contributed by atoms with van der Waals surface area (Å²) in [6.45, 7) is 2.65. The molecule has 4 heterocycles. The fourth-order valence-electron chi connectivity index (χ4n) is 3.92. The largest absolute Gasteiger partial charge is 0.464 e. The Balaban J connectivity index is 1.66. The van der Waals surface area contributed by atoms with Crippen molar-refractivity contribution < 1.29 is 4.42 Å². The second-order valence-electron chi connectivity index (χ2n) is 7.37. The van der Waals surface area contributed by atoms with Gasteiger partial charge in [-0.05, 0) is 62.4 Å². The fourth-order valence-corrected chi connectivity index (χ4v) is 5.17. The molecule has 0 fully saturated rings. The molecule has 4 aromatic rings. The zero-order chi connectivity index (χ0) is 19.1. The Bertz CT molecular complexity index is 1130. The smallest absolute Gasteiger partial charge is 0.164 e. The molecule has 0 N–H and O–H groups in total. The van der Waals surface area contributed by atoms with E-state index in [1.807, 2.05) is 48.7 Å². The molecule has 1 aliphatic rings. The Labute approximate surface area is 168 Å². The van der Waals surface area contributed by atoms with Crippen LogP contribution in [0.2, 0.25) is 0 Å². The molecule has 1 aliphatic carbocycles. The third-order valence-electron chi connectivity index (χ3n) is 5.27. The number of furan rings is 1. The van der Waals surface area contributed by atoms with Crippen LogP contribution in [0.4, 0.5) is 5.82 Å². The van der Waals surface area contributed by atoms with Crippen molar-refractivity contribution in [2.24, 2.45) is 0 Å². The van der Waals surface area contributed by atoms with Gasteiger partial charge in [-0.3, -0.25) is 4.98 Å². The van der Waals surface area contributed by atoms with Crippen molar-refractivity contribution >= 4 is 27.4 Å². The lowest BCUT2D eigenvalue weighted by Crippen LogP contribution is -2.18. The molecule has 0 spiro atoms. The van der Waals surface area contributed by atoms with Gasteiger partial charge in [-0.1, -0.05) is 0 Å². The number of anilines is 1. The van der Waals surface area contributed by atoms with Crippen molar-refractivity contribution in [1.82, 2.24) is 15.0 Å². The predicted octanol–water partition coefficient (Wildman–Crippen LogP) is 5.17. The molecular formula is C22H22N4OS. The fraction of sp³-hybridized carbons (Fsp3) is 0.318. The maximum absolute atomic E-state index is 5.80. The molecule has 0 aliphatic heterocycles. The van der Waals surface area contributed by atoms with Crippen molar-refractivity contribution in [2.75, 3.05) is 11.9 Å². The molecule has 5 nitrogen and oxygen atoms in total. The summed E-state index contributed by atoms with van der Waals surface area (Å²) in [4.78, 5) is 18.9. The van der Waals surface area contributed by atoms with Gasteiger partial charge in [0.15, 0.2) is 5.82 Å². The molecule has 0 amide bonds. The van der Waals surface area contributed by atoms with Crippen LogP contribution in [0.1, 0.15) is 34.8 Å². The van der Waals surface area contributed by atoms with E-state index in [1.165, 1.54) is 28.7 Å². The first-order valence-corrected chi connectivity index (χ1v) is 10.5. The molecular weight excluding hydrogens is 368 g/mol. The van der Waals surface area contributed by atoms with E-state index in [4.69, 9.17) is 14.4 Å². The van der Waals surface area contributed by atoms with Crippen LogP contribution < -0.4 is 4.90 Å². The van der Waals surface area contributed by atoms with Gasteiger partial charge in [0.2, 0.25) is 0 Å². The first-order valence-electron chi connectivity index (χ1n) is 9.68. The Morgan fingerprint density at radius 3 is 2.82 bits per heavy atom. The standard InChI is InChI=1S/C22H22N4OS/c1-14-9-10-16(27-14)13-26(2)21-19-17-7-3-4-8-18(17)28-22(19)25-20(24-21)15-6-5-11-23-12-15/h5-6,9-12H,3-4,7-8,13H2,1-2H3. The molecule has 6 heteroatoms. The van der Waals surface area contributed by atoms with E-state index in [-0.39, 0.29) is 0 Å². The Morgan fingerprint density at radius 2 is 2.04 bits per heavy atom. The van der Waals surface area contributed by atoms with Crippen LogP contribution in [0.3, 0.4) is 0 Å². The van der Waals surface area contributed by atoms with Gasteiger partial charge in [-0.25, -0.2) is 9.97 Å². The van der Waals surface area contributed by atoms with E-state index >= 15 is 0 Å². The zero-order valence-corrected chi connectivity index (χ0v) is 16.9. The highest BCUT2D eigenvalue weighted by atomic mass is 32.1. The number of hydrogen-bond acceptors (Lipinski definition) is 6. The highest BCUT2D eigenvalue weighted by molar-refractivity contribution is 7.19. The normalized spacial score (nSPS) is 13.6. The third kappa shape index (κ3) is 3.07. The lowest BCUT2D eigenvalue weighted by atomic mass is 9.97. The van der Waals surface area contributed by atoms with Crippen molar-refractivity contribution in [3.63, 3.8) is 0 Å². The van der Waals surface area contributed by atoms with E-state index in [0.717, 1.165) is 46.4 Å². The molecule has 0 bridgehead atoms. The highest BCUT2D eigenvalue weighted by Crippen LogP contribution is 2.40. The molecule has 0 radical (unpaired) electrons. The van der Waals surface area contributed by atoms with Crippen LogP contribution in [-0.2, 0) is 19.4 Å². The number of pyridine rings is 1. The van der Waals surface area contributed by atoms with Crippen LogP contribution in [0, 0.1) is 6.92 Å². The molecule has 0 unspecified atom stereocenters. The van der Waals surface area contributed by atoms with Gasteiger partial charge in [0.05, 0.1) is 11.9 Å². The van der Waals surface area contributed by atoms with Gasteiger partial charge in [0.1, 0.15) is 22.2 Å². The second-order valence-corrected chi connectivity index (χ2v) is 8.46. The lowest BCUT2D eigenvalue weighted by molar-refractivity contribution is 0.481. The van der Waals surface area contributed by atoms with Gasteiger partial charge in [-0.15, -0.1) is 11.3 Å². The quantitative estimate of drug-likeness (QED) is 0.481. The molecule has 5 rings (SSSR count). The van der Waals surface area contributed by atoms with Gasteiger partial charge >= 0.3 is 0 Å². The van der Waals surface area contributed by atoms with Crippen LogP contribution >= 0.6 is 11.3 Å². The minimum Gasteiger partial charge on any atom is -0.464 e. The Hall–Kier alpha value is -2.73. The summed E-state index contributed by atoms with van der Waals surface area (Å²) in [5, 5.41) is 1.22. The number of thiophene rings is 1. The van der Waals surface area contributed by atoms with Crippen LogP contribution in [0.25, 0.3) is 21.6 Å². The van der Waals surface area contributed by atoms with Crippen LogP contribution in [0.15, 0.2) is 41.1 Å². The SMILES string of the molecule is Cc1ccc(CN(C)c2nc(-c3cccnc3)nc3sc4c(c23)CCCC4)o1. The summed E-state index contributed by atoms with van der Waals surface area (Å²) in [5.74, 6) is 3.59. The monoisotopic (exact) mass is 390 g/mol. The molecule has 4 aromatic heterocycles. The molecule has 0 aromatic carbocycles. The summed E-state index contributed by atoms with van der Waals surface area (Å²) < 4.78 is 5.80. The minimum atomic E-state index is 0.678. The maximum Gasteiger partial charge on any atom is 0.164 e. The van der Waals surface area contributed by atoms with E-state index in [2.05, 4.69) is 16.9 Å². The topological polar surface area (TPSA) is 55.1 Å². The van der Waals surface area contributed by atoms with Crippen molar-refractivity contribution in [1.29, 1.82) is 0 Å². The first kappa shape index (κ1) is 17.4. The molecule has 28 heavy (non-hydrogen) atoms. The lowest BCUT2D eigenvalue weighted by Gasteiger charge is -2.20. The van der Waals surface area contributed by atoms with Gasteiger partial charge < -0.3 is 9.32 Å². The number of aromatic nitrogens is 3. The molecule has 0 saturated heterocycles. The number of rotatable bonds is 4. The summed E-state index contributed by atoms with van der Waals surface area (Å²) in [7, 11) is 2.08. The summed E-state index contributed by atoms with van der Waals surface area (Å²) >= 11 is 1.83. The number of aryl methyl sites for hydroxylation is 3. The van der Waals surface area contributed by atoms with Crippen molar-refractivity contribution in [3.05, 3.63) is 58.6 Å². The van der Waals surface area contributed by atoms with Crippen molar-refractivity contribution in [3.8, 4) is 11.4 Å². The van der Waals surface area contributed by atoms with E-state index in [0.29, 0.717) is 6.54 Å². The Kier molecular flexibility index (Phi) is 4.36. The number of nitrogens with zero attached hydrogens (tertiary/aromatic N) is 4. The third-order valence-corrected chi connectivity index (χ3v) is 6.45. The van der Waals surface area contributed by atoms with E-state index < -0.39 is 0 Å². The average molecular weight is 391 g/mol. The van der Waals surface area contributed by atoms with E-state index in [1.54, 1.807) is 6.20 Å². The van der Waals surface area contributed by atoms with Gasteiger partial charge in [0.25, 0.3) is 0 Å². The first-order chi connectivity index (χ1) is 13.7. The average Bonchev–Trinajstić information content (AvgIpc) is 3.30. The molecule has 0 saturated carbocycles. The molecule has 142 valence electrons. The second kappa shape index (κ2) is 7.02. The highest BCUT2D eigenvalue weighted by Gasteiger charge is 2.23. The van der Waals surface area contributed by atoms with Crippen LogP contribution in [-0.4, -0.2) is 22.0 Å². The van der Waals surface area contributed by atoms with Crippen LogP contribution in [0.5, 0.6) is 0 Å². The summed E-state index contributed by atoms with van der Waals surface area (Å²) in [6, 6.07) is 7.99. The Morgan fingerprint density at radius 1 is 1.14 bits per heavy atom. The van der Waals surface area contributed by atoms with Gasteiger partial charge in [0, 0.05) is 29.9 Å². The minimum absolute atomic E-state index is 0.678. The van der Waals surface area contributed by atoms with Crippen molar-refractivity contribution in [2.45, 2.75) is 39.2 Å².